The van der Waals surface area contributed by atoms with Crippen LogP contribution in [0, 0.1) is 5.82 Å². The van der Waals surface area contributed by atoms with Crippen molar-refractivity contribution in [2.75, 3.05) is 0 Å². The minimum Gasteiger partial charge on any atom is -0.389 e. The van der Waals surface area contributed by atoms with E-state index in [1.165, 1.54) is 12.1 Å². The van der Waals surface area contributed by atoms with Crippen LogP contribution in [-0.2, 0) is 12.8 Å². The highest BCUT2D eigenvalue weighted by molar-refractivity contribution is 6.42. The molecule has 106 valence electrons. The Hall–Kier alpha value is -1.09. The second-order valence-electron chi connectivity index (χ2n) is 5.19. The summed E-state index contributed by atoms with van der Waals surface area (Å²) in [4.78, 5) is 0. The number of rotatable bonds is 4. The second-order valence-corrected chi connectivity index (χ2v) is 5.98. The highest BCUT2D eigenvalue weighted by Gasteiger charge is 2.23. The molecule has 2 aromatic rings. The molecule has 0 radical (unpaired) electrons. The quantitative estimate of drug-likeness (QED) is 0.870. The lowest BCUT2D eigenvalue weighted by atomic mass is 9.90. The van der Waals surface area contributed by atoms with Crippen molar-refractivity contribution in [2.45, 2.75) is 25.4 Å². The summed E-state index contributed by atoms with van der Waals surface area (Å²) in [5.74, 6) is -0.286. The van der Waals surface area contributed by atoms with Gasteiger partial charge in [-0.05, 0) is 36.2 Å². The van der Waals surface area contributed by atoms with E-state index >= 15 is 0 Å². The number of hydrogen-bond donors (Lipinski definition) is 1. The van der Waals surface area contributed by atoms with Gasteiger partial charge in [0.1, 0.15) is 5.82 Å². The summed E-state index contributed by atoms with van der Waals surface area (Å²) in [6.45, 7) is 1.73. The van der Waals surface area contributed by atoms with Crippen molar-refractivity contribution in [2.24, 2.45) is 0 Å². The topological polar surface area (TPSA) is 20.2 Å². The van der Waals surface area contributed by atoms with E-state index < -0.39 is 5.60 Å². The molecule has 0 heterocycles. The van der Waals surface area contributed by atoms with Gasteiger partial charge in [-0.15, -0.1) is 0 Å². The predicted molar refractivity (Wildman–Crippen MR) is 80.9 cm³/mol. The third kappa shape index (κ3) is 3.95. The fourth-order valence-corrected chi connectivity index (χ4v) is 2.59. The molecule has 1 unspecified atom stereocenters. The molecule has 0 amide bonds. The molecule has 0 aliphatic heterocycles. The summed E-state index contributed by atoms with van der Waals surface area (Å²) in [5.41, 5.74) is 0.687. The third-order valence-corrected chi connectivity index (χ3v) is 3.96. The molecular formula is C16H15Cl2FO. The average Bonchev–Trinajstić information content (AvgIpc) is 2.37. The van der Waals surface area contributed by atoms with E-state index in [4.69, 9.17) is 23.2 Å². The maximum absolute atomic E-state index is 12.9. The minimum absolute atomic E-state index is 0.286. The first-order chi connectivity index (χ1) is 9.37. The summed E-state index contributed by atoms with van der Waals surface area (Å²) in [6.07, 6.45) is 0.792. The monoisotopic (exact) mass is 312 g/mol. The number of benzene rings is 2. The summed E-state index contributed by atoms with van der Waals surface area (Å²) >= 11 is 12.1. The lowest BCUT2D eigenvalue weighted by molar-refractivity contribution is 0.0608. The zero-order chi connectivity index (χ0) is 14.8. The molecule has 0 aliphatic rings. The van der Waals surface area contributed by atoms with Crippen LogP contribution >= 0.6 is 23.2 Å². The summed E-state index contributed by atoms with van der Waals surface area (Å²) in [7, 11) is 0. The first-order valence-corrected chi connectivity index (χ1v) is 7.03. The second kappa shape index (κ2) is 6.13. The zero-order valence-corrected chi connectivity index (χ0v) is 12.5. The molecule has 0 saturated carbocycles. The predicted octanol–water partition coefficient (Wildman–Crippen LogP) is 4.67. The van der Waals surface area contributed by atoms with Gasteiger partial charge >= 0.3 is 0 Å². The van der Waals surface area contributed by atoms with Crippen molar-refractivity contribution in [3.63, 3.8) is 0 Å². The van der Waals surface area contributed by atoms with Gasteiger partial charge in [-0.1, -0.05) is 47.5 Å². The Balaban J connectivity index is 2.14. The van der Waals surface area contributed by atoms with Crippen molar-refractivity contribution >= 4 is 23.2 Å². The maximum Gasteiger partial charge on any atom is 0.123 e. The lowest BCUT2D eigenvalue weighted by Gasteiger charge is -2.24. The molecule has 0 aromatic heterocycles. The molecule has 2 aromatic carbocycles. The first kappa shape index (κ1) is 15.3. The van der Waals surface area contributed by atoms with Crippen LogP contribution in [0.3, 0.4) is 0 Å². The van der Waals surface area contributed by atoms with Gasteiger partial charge in [-0.3, -0.25) is 0 Å². The van der Waals surface area contributed by atoms with Crippen molar-refractivity contribution in [1.29, 1.82) is 0 Å². The third-order valence-electron chi connectivity index (χ3n) is 3.10. The van der Waals surface area contributed by atoms with Crippen LogP contribution < -0.4 is 0 Å². The van der Waals surface area contributed by atoms with E-state index in [1.807, 2.05) is 6.07 Å². The van der Waals surface area contributed by atoms with Crippen LogP contribution in [0.25, 0.3) is 0 Å². The van der Waals surface area contributed by atoms with Crippen molar-refractivity contribution < 1.29 is 9.50 Å². The highest BCUT2D eigenvalue weighted by Crippen LogP contribution is 2.29. The van der Waals surface area contributed by atoms with E-state index in [2.05, 4.69) is 0 Å². The van der Waals surface area contributed by atoms with Crippen LogP contribution in [0.15, 0.2) is 42.5 Å². The number of hydrogen-bond acceptors (Lipinski definition) is 1. The average molecular weight is 313 g/mol. The van der Waals surface area contributed by atoms with Gasteiger partial charge in [0.25, 0.3) is 0 Å². The van der Waals surface area contributed by atoms with Crippen LogP contribution in [0.2, 0.25) is 10.0 Å². The summed E-state index contributed by atoms with van der Waals surface area (Å²) in [6, 6.07) is 11.5. The Morgan fingerprint density at radius 2 is 1.70 bits per heavy atom. The van der Waals surface area contributed by atoms with Gasteiger partial charge in [-0.2, -0.15) is 0 Å². The molecule has 2 rings (SSSR count). The van der Waals surface area contributed by atoms with Crippen molar-refractivity contribution in [3.8, 4) is 0 Å². The van der Waals surface area contributed by atoms with E-state index in [0.717, 1.165) is 11.1 Å². The van der Waals surface area contributed by atoms with E-state index in [0.29, 0.717) is 22.9 Å². The van der Waals surface area contributed by atoms with Gasteiger partial charge in [0.05, 0.1) is 15.6 Å². The van der Waals surface area contributed by atoms with E-state index in [-0.39, 0.29) is 5.82 Å². The molecule has 0 bridgehead atoms. The Morgan fingerprint density at radius 1 is 1.05 bits per heavy atom. The Kier molecular flexibility index (Phi) is 4.69. The fourth-order valence-electron chi connectivity index (χ4n) is 2.20. The number of aliphatic hydroxyl groups is 1. The minimum atomic E-state index is -0.980. The van der Waals surface area contributed by atoms with Gasteiger partial charge in [-0.25, -0.2) is 4.39 Å². The maximum atomic E-state index is 12.9. The first-order valence-electron chi connectivity index (χ1n) is 6.27. The Bertz CT molecular complexity index is 594. The SMILES string of the molecule is CC(O)(Cc1ccc(F)cc1)Cc1cccc(Cl)c1Cl. The van der Waals surface area contributed by atoms with Crippen LogP contribution in [0.4, 0.5) is 4.39 Å². The van der Waals surface area contributed by atoms with Crippen LogP contribution in [0.1, 0.15) is 18.1 Å². The molecule has 0 spiro atoms. The van der Waals surface area contributed by atoms with Gasteiger partial charge in [0.2, 0.25) is 0 Å². The molecule has 1 nitrogen and oxygen atoms in total. The normalized spacial score (nSPS) is 14.1. The fraction of sp³-hybridized carbons (Fsp3) is 0.250. The summed E-state index contributed by atoms with van der Waals surface area (Å²) < 4.78 is 12.9. The van der Waals surface area contributed by atoms with Crippen molar-refractivity contribution in [1.82, 2.24) is 0 Å². The van der Waals surface area contributed by atoms with Crippen LogP contribution in [0.5, 0.6) is 0 Å². The molecule has 0 aliphatic carbocycles. The molecule has 0 saturated heterocycles. The standard InChI is InChI=1S/C16H15Cl2FO/c1-16(20,9-11-5-7-13(19)8-6-11)10-12-3-2-4-14(17)15(12)18/h2-8,20H,9-10H2,1H3. The van der Waals surface area contributed by atoms with Crippen molar-refractivity contribution in [3.05, 3.63) is 69.5 Å². The molecule has 1 atom stereocenters. The molecule has 0 fully saturated rings. The Morgan fingerprint density at radius 3 is 2.35 bits per heavy atom. The van der Waals surface area contributed by atoms with Crippen LogP contribution in [-0.4, -0.2) is 10.7 Å². The molecular weight excluding hydrogens is 298 g/mol. The van der Waals surface area contributed by atoms with Gasteiger partial charge in [0, 0.05) is 12.8 Å². The largest absolute Gasteiger partial charge is 0.389 e. The molecule has 1 N–H and O–H groups in total. The van der Waals surface area contributed by atoms with Gasteiger partial charge < -0.3 is 5.11 Å². The number of halogens is 3. The smallest absolute Gasteiger partial charge is 0.123 e. The summed E-state index contributed by atoms with van der Waals surface area (Å²) in [5, 5.41) is 11.5. The highest BCUT2D eigenvalue weighted by atomic mass is 35.5. The molecule has 20 heavy (non-hydrogen) atoms. The van der Waals surface area contributed by atoms with E-state index in [9.17, 15) is 9.50 Å². The van der Waals surface area contributed by atoms with Gasteiger partial charge in [0.15, 0.2) is 0 Å². The van der Waals surface area contributed by atoms with E-state index in [1.54, 1.807) is 31.2 Å². The lowest BCUT2D eigenvalue weighted by Crippen LogP contribution is -2.30. The Labute approximate surface area is 128 Å². The zero-order valence-electron chi connectivity index (χ0n) is 11.0. The molecule has 4 heteroatoms.